The summed E-state index contributed by atoms with van der Waals surface area (Å²) in [5, 5.41) is 2.35. The quantitative estimate of drug-likeness (QED) is 0.549. The molecule has 0 aromatic rings. The van der Waals surface area contributed by atoms with Crippen LogP contribution in [0.2, 0.25) is 0 Å². The molecule has 0 aromatic heterocycles. The van der Waals surface area contributed by atoms with E-state index in [2.05, 4.69) is 19.2 Å². The molecule has 1 unspecified atom stereocenters. The van der Waals surface area contributed by atoms with Crippen LogP contribution in [0.25, 0.3) is 0 Å². The van der Waals surface area contributed by atoms with E-state index < -0.39 is 0 Å². The molecule has 1 heterocycles. The smallest absolute Gasteiger partial charge is 0.229 e. The van der Waals surface area contributed by atoms with E-state index >= 15 is 0 Å². The van der Waals surface area contributed by atoms with Crippen molar-refractivity contribution in [2.45, 2.75) is 33.1 Å². The van der Waals surface area contributed by atoms with E-state index in [1.165, 1.54) is 0 Å². The zero-order chi connectivity index (χ0) is 11.3. The number of rotatable bonds is 5. The molecule has 0 spiro atoms. The van der Waals surface area contributed by atoms with Crippen molar-refractivity contribution in [3.63, 3.8) is 0 Å². The maximum atomic E-state index is 11.3. The highest BCUT2D eigenvalue weighted by Gasteiger charge is 2.25. The Morgan fingerprint density at radius 1 is 1.47 bits per heavy atom. The molecule has 0 radical (unpaired) electrons. The van der Waals surface area contributed by atoms with E-state index in [9.17, 15) is 9.59 Å². The summed E-state index contributed by atoms with van der Waals surface area (Å²) in [4.78, 5) is 22.2. The van der Waals surface area contributed by atoms with Crippen LogP contribution >= 0.6 is 0 Å². The largest absolute Gasteiger partial charge is 0.381 e. The topological polar surface area (TPSA) is 55.4 Å². The lowest BCUT2D eigenvalue weighted by atomic mass is 9.95. The highest BCUT2D eigenvalue weighted by molar-refractivity contribution is 5.98. The molecule has 1 N–H and O–H groups in total. The molecule has 0 bridgehead atoms. The molecule has 0 saturated carbocycles. The molecule has 1 fully saturated rings. The van der Waals surface area contributed by atoms with Crippen LogP contribution in [-0.2, 0) is 14.3 Å². The standard InChI is InChI=1S/C11H19NO3/c1-8(2)7-15-6-5-9-3-4-10(13)12-11(9)14/h8-9H,3-7H2,1-2H3,(H,12,13,14). The molecule has 1 atom stereocenters. The third kappa shape index (κ3) is 4.42. The molecule has 1 saturated heterocycles. The Labute approximate surface area is 90.4 Å². The minimum absolute atomic E-state index is 0.0464. The van der Waals surface area contributed by atoms with E-state index in [-0.39, 0.29) is 17.7 Å². The van der Waals surface area contributed by atoms with E-state index in [4.69, 9.17) is 4.74 Å². The first-order valence-corrected chi connectivity index (χ1v) is 5.51. The summed E-state index contributed by atoms with van der Waals surface area (Å²) in [6, 6.07) is 0. The molecule has 1 aliphatic heterocycles. The molecular formula is C11H19NO3. The van der Waals surface area contributed by atoms with Gasteiger partial charge < -0.3 is 4.74 Å². The Morgan fingerprint density at radius 3 is 2.80 bits per heavy atom. The molecular weight excluding hydrogens is 194 g/mol. The summed E-state index contributed by atoms with van der Waals surface area (Å²) in [6.45, 7) is 5.51. The van der Waals surface area contributed by atoms with Crippen molar-refractivity contribution in [2.24, 2.45) is 11.8 Å². The lowest BCUT2D eigenvalue weighted by molar-refractivity contribution is -0.136. The summed E-state index contributed by atoms with van der Waals surface area (Å²) in [5.74, 6) is 0.181. The van der Waals surface area contributed by atoms with Gasteiger partial charge in [0.1, 0.15) is 0 Å². The first-order chi connectivity index (χ1) is 7.09. The second-order valence-corrected chi connectivity index (χ2v) is 4.41. The maximum absolute atomic E-state index is 11.3. The minimum Gasteiger partial charge on any atom is -0.381 e. The fraction of sp³-hybridized carbons (Fsp3) is 0.818. The summed E-state index contributed by atoms with van der Waals surface area (Å²) >= 11 is 0. The SMILES string of the molecule is CC(C)COCCC1CCC(=O)NC1=O. The molecule has 15 heavy (non-hydrogen) atoms. The number of carbonyl (C=O) groups is 2. The molecule has 4 heteroatoms. The van der Waals surface area contributed by atoms with E-state index in [1.807, 2.05) is 0 Å². The lowest BCUT2D eigenvalue weighted by Crippen LogP contribution is -2.41. The summed E-state index contributed by atoms with van der Waals surface area (Å²) in [6.07, 6.45) is 1.84. The average Bonchev–Trinajstić information content (AvgIpc) is 2.14. The third-order valence-corrected chi connectivity index (χ3v) is 2.42. The first kappa shape index (κ1) is 12.2. The van der Waals surface area contributed by atoms with Gasteiger partial charge in [0.05, 0.1) is 0 Å². The number of ether oxygens (including phenoxy) is 1. The number of nitrogens with one attached hydrogen (secondary N) is 1. The summed E-state index contributed by atoms with van der Waals surface area (Å²) in [7, 11) is 0. The summed E-state index contributed by atoms with van der Waals surface area (Å²) in [5.41, 5.74) is 0. The molecule has 0 aliphatic carbocycles. The van der Waals surface area contributed by atoms with Crippen molar-refractivity contribution in [1.82, 2.24) is 5.32 Å². The van der Waals surface area contributed by atoms with Crippen molar-refractivity contribution in [2.75, 3.05) is 13.2 Å². The van der Waals surface area contributed by atoms with Gasteiger partial charge in [-0.15, -0.1) is 0 Å². The second kappa shape index (κ2) is 5.85. The van der Waals surface area contributed by atoms with Crippen LogP contribution in [0.4, 0.5) is 0 Å². The van der Waals surface area contributed by atoms with Crippen molar-refractivity contribution >= 4 is 11.8 Å². The van der Waals surface area contributed by atoms with Gasteiger partial charge in [-0.3, -0.25) is 14.9 Å². The Balaban J connectivity index is 2.16. The van der Waals surface area contributed by atoms with Crippen molar-refractivity contribution in [3.05, 3.63) is 0 Å². The molecule has 1 rings (SSSR count). The van der Waals surface area contributed by atoms with Gasteiger partial charge in [0.25, 0.3) is 0 Å². The Hall–Kier alpha value is -0.900. The number of hydrogen-bond donors (Lipinski definition) is 1. The molecule has 1 aliphatic rings. The van der Waals surface area contributed by atoms with Gasteiger partial charge in [0, 0.05) is 25.6 Å². The van der Waals surface area contributed by atoms with Crippen molar-refractivity contribution in [1.29, 1.82) is 0 Å². The van der Waals surface area contributed by atoms with Crippen LogP contribution in [0.5, 0.6) is 0 Å². The predicted octanol–water partition coefficient (Wildman–Crippen LogP) is 1.10. The lowest BCUT2D eigenvalue weighted by Gasteiger charge is -2.20. The Bertz CT molecular complexity index is 238. The van der Waals surface area contributed by atoms with Gasteiger partial charge >= 0.3 is 0 Å². The molecule has 4 nitrogen and oxygen atoms in total. The minimum atomic E-state index is -0.153. The number of piperidine rings is 1. The number of carbonyl (C=O) groups excluding carboxylic acids is 2. The van der Waals surface area contributed by atoms with Gasteiger partial charge in [-0.25, -0.2) is 0 Å². The maximum Gasteiger partial charge on any atom is 0.229 e. The van der Waals surface area contributed by atoms with Gasteiger partial charge in [-0.1, -0.05) is 13.8 Å². The zero-order valence-electron chi connectivity index (χ0n) is 9.41. The van der Waals surface area contributed by atoms with E-state index in [0.717, 1.165) is 6.61 Å². The van der Waals surface area contributed by atoms with Gasteiger partial charge in [-0.2, -0.15) is 0 Å². The van der Waals surface area contributed by atoms with Crippen LogP contribution < -0.4 is 5.32 Å². The number of amides is 2. The normalized spacial score (nSPS) is 21.9. The Kier molecular flexibility index (Phi) is 4.75. The fourth-order valence-corrected chi connectivity index (χ4v) is 1.56. The molecule has 86 valence electrons. The average molecular weight is 213 g/mol. The van der Waals surface area contributed by atoms with Crippen LogP contribution in [0.1, 0.15) is 33.1 Å². The predicted molar refractivity (Wildman–Crippen MR) is 56.1 cm³/mol. The van der Waals surface area contributed by atoms with Crippen molar-refractivity contribution < 1.29 is 14.3 Å². The second-order valence-electron chi connectivity index (χ2n) is 4.41. The first-order valence-electron chi connectivity index (χ1n) is 5.51. The van der Waals surface area contributed by atoms with Gasteiger partial charge in [0.15, 0.2) is 0 Å². The fourth-order valence-electron chi connectivity index (χ4n) is 1.56. The van der Waals surface area contributed by atoms with Crippen LogP contribution in [0, 0.1) is 11.8 Å². The number of hydrogen-bond acceptors (Lipinski definition) is 3. The van der Waals surface area contributed by atoms with Gasteiger partial charge in [0.2, 0.25) is 11.8 Å². The molecule has 2 amide bonds. The van der Waals surface area contributed by atoms with E-state index in [1.54, 1.807) is 0 Å². The van der Waals surface area contributed by atoms with Crippen LogP contribution in [0.3, 0.4) is 0 Å². The van der Waals surface area contributed by atoms with Crippen LogP contribution in [-0.4, -0.2) is 25.0 Å². The Morgan fingerprint density at radius 2 is 2.20 bits per heavy atom. The highest BCUT2D eigenvalue weighted by atomic mass is 16.5. The molecule has 0 aromatic carbocycles. The zero-order valence-corrected chi connectivity index (χ0v) is 9.41. The highest BCUT2D eigenvalue weighted by Crippen LogP contribution is 2.16. The number of imide groups is 1. The van der Waals surface area contributed by atoms with Crippen LogP contribution in [0.15, 0.2) is 0 Å². The van der Waals surface area contributed by atoms with E-state index in [0.29, 0.717) is 31.8 Å². The van der Waals surface area contributed by atoms with Gasteiger partial charge in [-0.05, 0) is 18.8 Å². The third-order valence-electron chi connectivity index (χ3n) is 2.42. The van der Waals surface area contributed by atoms with Crippen molar-refractivity contribution in [3.8, 4) is 0 Å². The summed E-state index contributed by atoms with van der Waals surface area (Å²) < 4.78 is 5.41. The monoisotopic (exact) mass is 213 g/mol.